The van der Waals surface area contributed by atoms with Gasteiger partial charge in [0.2, 0.25) is 0 Å². The van der Waals surface area contributed by atoms with Crippen molar-refractivity contribution in [3.05, 3.63) is 46.8 Å². The lowest BCUT2D eigenvalue weighted by Gasteiger charge is -2.30. The number of fused-ring (bicyclic) bond motifs is 1. The Balaban J connectivity index is 1.63. The largest absolute Gasteiger partial charge is 0.382 e. The fourth-order valence-corrected chi connectivity index (χ4v) is 3.93. The molecule has 0 saturated heterocycles. The molecule has 2 aromatic rings. The Bertz CT molecular complexity index is 684. The summed E-state index contributed by atoms with van der Waals surface area (Å²) >= 11 is 1.56. The molecule has 1 amide bonds. The zero-order valence-electron chi connectivity index (χ0n) is 14.1. The Hall–Kier alpha value is -1.85. The summed E-state index contributed by atoms with van der Waals surface area (Å²) in [6.45, 7) is 5.05. The Morgan fingerprint density at radius 1 is 1.29 bits per heavy atom. The molecule has 0 aliphatic carbocycles. The van der Waals surface area contributed by atoms with Crippen LogP contribution in [0, 0.1) is 0 Å². The number of nitrogens with one attached hydrogen (secondary N) is 1. The number of carbonyl (C=O) groups is 1. The number of thiophene rings is 1. The second-order valence-electron chi connectivity index (χ2n) is 5.83. The second-order valence-corrected chi connectivity index (χ2v) is 6.89. The van der Waals surface area contributed by atoms with Gasteiger partial charge in [0, 0.05) is 32.0 Å². The zero-order chi connectivity index (χ0) is 16.8. The lowest BCUT2D eigenvalue weighted by Crippen LogP contribution is -2.24. The number of carbonyl (C=O) groups excluding carboxylic acids is 1. The molecule has 3 rings (SSSR count). The van der Waals surface area contributed by atoms with E-state index in [1.165, 1.54) is 11.3 Å². The molecule has 0 saturated carbocycles. The number of hydrogen-bond acceptors (Lipinski definition) is 4. The summed E-state index contributed by atoms with van der Waals surface area (Å²) in [5.74, 6) is 0.00745. The molecule has 0 fully saturated rings. The SMILES string of the molecule is CCOCCCNC(=O)c1ccc(N2CCCc3ccccc32)s1. The van der Waals surface area contributed by atoms with E-state index in [1.807, 2.05) is 13.0 Å². The molecule has 0 unspecified atom stereocenters. The average molecular weight is 344 g/mol. The quantitative estimate of drug-likeness (QED) is 0.772. The van der Waals surface area contributed by atoms with Crippen molar-refractivity contribution in [2.75, 3.05) is 31.2 Å². The van der Waals surface area contributed by atoms with Crippen molar-refractivity contribution in [3.63, 3.8) is 0 Å². The average Bonchev–Trinajstić information content (AvgIpc) is 3.11. The Kier molecular flexibility index (Phi) is 5.88. The number of hydrogen-bond donors (Lipinski definition) is 1. The summed E-state index contributed by atoms with van der Waals surface area (Å²) in [6, 6.07) is 12.5. The van der Waals surface area contributed by atoms with Gasteiger partial charge < -0.3 is 15.0 Å². The fraction of sp³-hybridized carbons (Fsp3) is 0.421. The number of benzene rings is 1. The van der Waals surface area contributed by atoms with E-state index in [9.17, 15) is 4.79 Å². The zero-order valence-corrected chi connectivity index (χ0v) is 14.9. The van der Waals surface area contributed by atoms with Crippen LogP contribution >= 0.6 is 11.3 Å². The smallest absolute Gasteiger partial charge is 0.261 e. The first-order chi connectivity index (χ1) is 11.8. The number of para-hydroxylation sites is 1. The van der Waals surface area contributed by atoms with Gasteiger partial charge in [-0.15, -0.1) is 11.3 Å². The van der Waals surface area contributed by atoms with E-state index >= 15 is 0 Å². The third-order valence-corrected chi connectivity index (χ3v) is 5.25. The van der Waals surface area contributed by atoms with Gasteiger partial charge in [-0.05, 0) is 49.9 Å². The molecule has 128 valence electrons. The summed E-state index contributed by atoms with van der Waals surface area (Å²) in [5, 5.41) is 4.11. The molecular formula is C19H24N2O2S. The summed E-state index contributed by atoms with van der Waals surface area (Å²) in [7, 11) is 0. The van der Waals surface area contributed by atoms with E-state index in [0.717, 1.165) is 42.3 Å². The van der Waals surface area contributed by atoms with Crippen LogP contribution in [0.2, 0.25) is 0 Å². The second kappa shape index (κ2) is 8.31. The molecule has 4 nitrogen and oxygen atoms in total. The molecule has 5 heteroatoms. The number of amides is 1. The van der Waals surface area contributed by atoms with Gasteiger partial charge in [0.25, 0.3) is 5.91 Å². The highest BCUT2D eigenvalue weighted by atomic mass is 32.1. The van der Waals surface area contributed by atoms with Gasteiger partial charge in [-0.3, -0.25) is 4.79 Å². The maximum absolute atomic E-state index is 12.3. The number of ether oxygens (including phenoxy) is 1. The molecule has 0 spiro atoms. The van der Waals surface area contributed by atoms with Crippen LogP contribution in [-0.2, 0) is 11.2 Å². The van der Waals surface area contributed by atoms with Gasteiger partial charge in [-0.2, -0.15) is 0 Å². The van der Waals surface area contributed by atoms with Crippen molar-refractivity contribution in [3.8, 4) is 0 Å². The molecule has 1 aromatic heterocycles. The minimum absolute atomic E-state index is 0.00745. The van der Waals surface area contributed by atoms with Crippen LogP contribution in [0.1, 0.15) is 35.0 Å². The predicted molar refractivity (Wildman–Crippen MR) is 99.5 cm³/mol. The molecule has 1 N–H and O–H groups in total. The van der Waals surface area contributed by atoms with Crippen LogP contribution in [0.5, 0.6) is 0 Å². The van der Waals surface area contributed by atoms with Crippen LogP contribution in [0.4, 0.5) is 10.7 Å². The highest BCUT2D eigenvalue weighted by Crippen LogP contribution is 2.37. The monoisotopic (exact) mass is 344 g/mol. The van der Waals surface area contributed by atoms with Crippen LogP contribution < -0.4 is 10.2 Å². The van der Waals surface area contributed by atoms with E-state index in [4.69, 9.17) is 4.74 Å². The minimum atomic E-state index is 0.00745. The van der Waals surface area contributed by atoms with Crippen molar-refractivity contribution < 1.29 is 9.53 Å². The van der Waals surface area contributed by atoms with E-state index in [2.05, 4.69) is 40.5 Å². The predicted octanol–water partition coefficient (Wildman–Crippen LogP) is 3.99. The first-order valence-corrected chi connectivity index (χ1v) is 9.42. The van der Waals surface area contributed by atoms with Crippen molar-refractivity contribution in [1.29, 1.82) is 0 Å². The molecule has 2 heterocycles. The highest BCUT2D eigenvalue weighted by Gasteiger charge is 2.20. The Morgan fingerprint density at radius 2 is 2.17 bits per heavy atom. The molecule has 1 aromatic carbocycles. The maximum atomic E-state index is 12.3. The van der Waals surface area contributed by atoms with Gasteiger partial charge in [0.15, 0.2) is 0 Å². The molecular weight excluding hydrogens is 320 g/mol. The van der Waals surface area contributed by atoms with Crippen molar-refractivity contribution in [2.24, 2.45) is 0 Å². The number of aryl methyl sites for hydroxylation is 1. The number of anilines is 2. The lowest BCUT2D eigenvalue weighted by molar-refractivity contribution is 0.0948. The van der Waals surface area contributed by atoms with Gasteiger partial charge >= 0.3 is 0 Å². The van der Waals surface area contributed by atoms with Gasteiger partial charge in [-0.25, -0.2) is 0 Å². The highest BCUT2D eigenvalue weighted by molar-refractivity contribution is 7.18. The van der Waals surface area contributed by atoms with Crippen LogP contribution in [0.15, 0.2) is 36.4 Å². The Labute approximate surface area is 147 Å². The normalized spacial score (nSPS) is 13.6. The van der Waals surface area contributed by atoms with Gasteiger partial charge in [-0.1, -0.05) is 18.2 Å². The molecule has 0 bridgehead atoms. The first kappa shape index (κ1) is 17.0. The van der Waals surface area contributed by atoms with Gasteiger partial charge in [0.1, 0.15) is 0 Å². The molecule has 1 aliphatic heterocycles. The van der Waals surface area contributed by atoms with Gasteiger partial charge in [0.05, 0.1) is 9.88 Å². The summed E-state index contributed by atoms with van der Waals surface area (Å²) < 4.78 is 5.28. The summed E-state index contributed by atoms with van der Waals surface area (Å²) in [6.07, 6.45) is 3.12. The molecule has 24 heavy (non-hydrogen) atoms. The number of rotatable bonds is 7. The third kappa shape index (κ3) is 3.97. The topological polar surface area (TPSA) is 41.6 Å². The van der Waals surface area contributed by atoms with E-state index in [0.29, 0.717) is 13.2 Å². The third-order valence-electron chi connectivity index (χ3n) is 4.15. The van der Waals surface area contributed by atoms with Crippen molar-refractivity contribution >= 4 is 27.9 Å². The first-order valence-electron chi connectivity index (χ1n) is 8.61. The van der Waals surface area contributed by atoms with E-state index in [-0.39, 0.29) is 5.91 Å². The van der Waals surface area contributed by atoms with Crippen molar-refractivity contribution in [1.82, 2.24) is 5.32 Å². The lowest BCUT2D eigenvalue weighted by atomic mass is 10.0. The van der Waals surface area contributed by atoms with Crippen molar-refractivity contribution in [2.45, 2.75) is 26.2 Å². The van der Waals surface area contributed by atoms with Crippen LogP contribution in [0.3, 0.4) is 0 Å². The maximum Gasteiger partial charge on any atom is 0.261 e. The summed E-state index contributed by atoms with van der Waals surface area (Å²) in [5.41, 5.74) is 2.66. The Morgan fingerprint density at radius 3 is 3.04 bits per heavy atom. The fourth-order valence-electron chi connectivity index (χ4n) is 2.96. The van der Waals surface area contributed by atoms with Crippen LogP contribution in [-0.4, -0.2) is 32.2 Å². The molecule has 0 radical (unpaired) electrons. The number of nitrogens with zero attached hydrogens (tertiary/aromatic N) is 1. The molecule has 1 aliphatic rings. The van der Waals surface area contributed by atoms with Crippen LogP contribution in [0.25, 0.3) is 0 Å². The minimum Gasteiger partial charge on any atom is -0.382 e. The standard InChI is InChI=1S/C19H24N2O2S/c1-2-23-14-6-12-20-19(22)17-10-11-18(24-17)21-13-5-8-15-7-3-4-9-16(15)21/h3-4,7,9-11H,2,5-6,8,12-14H2,1H3,(H,20,22). The van der Waals surface area contributed by atoms with E-state index < -0.39 is 0 Å². The van der Waals surface area contributed by atoms with E-state index in [1.54, 1.807) is 11.3 Å². The summed E-state index contributed by atoms with van der Waals surface area (Å²) in [4.78, 5) is 15.4. The molecule has 0 atom stereocenters.